The first-order valence-corrected chi connectivity index (χ1v) is 8.65. The van der Waals surface area contributed by atoms with E-state index in [4.69, 9.17) is 0 Å². The predicted octanol–water partition coefficient (Wildman–Crippen LogP) is 3.92. The molecule has 0 amide bonds. The van der Waals surface area contributed by atoms with Gasteiger partial charge in [-0.05, 0) is 38.1 Å². The third-order valence-electron chi connectivity index (χ3n) is 3.16. The second kappa shape index (κ2) is 6.46. The summed E-state index contributed by atoms with van der Waals surface area (Å²) in [6, 6.07) is 13.8. The van der Waals surface area contributed by atoms with E-state index >= 15 is 0 Å². The van der Waals surface area contributed by atoms with Gasteiger partial charge in [-0.25, -0.2) is 0 Å². The number of carbonyl (C=O) groups is 1. The number of ketones is 1. The molecule has 3 aromatic rings. The fourth-order valence-corrected chi connectivity index (χ4v) is 3.87. The molecule has 0 bridgehead atoms. The Morgan fingerprint density at radius 3 is 2.59 bits per heavy atom. The summed E-state index contributed by atoms with van der Waals surface area (Å²) < 4.78 is 1.97. The third kappa shape index (κ3) is 3.13. The average molecular weight is 329 g/mol. The molecule has 2 heterocycles. The van der Waals surface area contributed by atoms with Crippen LogP contribution in [0.15, 0.2) is 47.6 Å². The van der Waals surface area contributed by atoms with E-state index in [-0.39, 0.29) is 5.78 Å². The zero-order valence-electron chi connectivity index (χ0n) is 12.3. The highest BCUT2D eigenvalue weighted by Crippen LogP contribution is 2.24. The number of aryl methyl sites for hydroxylation is 2. The quantitative estimate of drug-likeness (QED) is 0.526. The Morgan fingerprint density at radius 2 is 1.91 bits per heavy atom. The molecule has 4 nitrogen and oxygen atoms in total. The summed E-state index contributed by atoms with van der Waals surface area (Å²) in [5, 5.41) is 9.06. The fourth-order valence-electron chi connectivity index (χ4n) is 2.10. The van der Waals surface area contributed by atoms with Gasteiger partial charge in [0, 0.05) is 10.6 Å². The number of para-hydroxylation sites is 1. The van der Waals surface area contributed by atoms with Gasteiger partial charge in [0.05, 0.1) is 10.6 Å². The summed E-state index contributed by atoms with van der Waals surface area (Å²) in [7, 11) is 0. The molecule has 0 atom stereocenters. The van der Waals surface area contributed by atoms with E-state index in [1.165, 1.54) is 23.1 Å². The van der Waals surface area contributed by atoms with Crippen molar-refractivity contribution < 1.29 is 4.79 Å². The molecule has 3 rings (SSSR count). The summed E-state index contributed by atoms with van der Waals surface area (Å²) >= 11 is 2.95. The lowest BCUT2D eigenvalue weighted by molar-refractivity contribution is 0.102. The van der Waals surface area contributed by atoms with Crippen LogP contribution in [0, 0.1) is 13.8 Å². The molecule has 0 fully saturated rings. The van der Waals surface area contributed by atoms with Crippen LogP contribution in [0.25, 0.3) is 5.69 Å². The number of aromatic nitrogens is 3. The van der Waals surface area contributed by atoms with E-state index in [1.54, 1.807) is 0 Å². The Bertz CT molecular complexity index is 793. The topological polar surface area (TPSA) is 47.8 Å². The molecule has 0 unspecified atom stereocenters. The monoisotopic (exact) mass is 329 g/mol. The van der Waals surface area contributed by atoms with Crippen molar-refractivity contribution in [3.05, 3.63) is 58.0 Å². The van der Waals surface area contributed by atoms with Gasteiger partial charge in [0.25, 0.3) is 0 Å². The number of thioether (sulfide) groups is 1. The van der Waals surface area contributed by atoms with Crippen LogP contribution in [0.2, 0.25) is 0 Å². The van der Waals surface area contributed by atoms with Crippen LogP contribution in [0.5, 0.6) is 0 Å². The van der Waals surface area contributed by atoms with Gasteiger partial charge in [-0.2, -0.15) is 0 Å². The van der Waals surface area contributed by atoms with Crippen LogP contribution in [0.4, 0.5) is 0 Å². The van der Waals surface area contributed by atoms with Gasteiger partial charge in [-0.15, -0.1) is 21.5 Å². The van der Waals surface area contributed by atoms with Crippen molar-refractivity contribution in [2.24, 2.45) is 0 Å². The Morgan fingerprint density at radius 1 is 1.14 bits per heavy atom. The highest BCUT2D eigenvalue weighted by Gasteiger charge is 2.14. The summed E-state index contributed by atoms with van der Waals surface area (Å²) in [6.07, 6.45) is 0. The van der Waals surface area contributed by atoms with Gasteiger partial charge < -0.3 is 0 Å². The molecular formula is C16H15N3OS2. The molecule has 0 saturated carbocycles. The number of nitrogens with zero attached hydrogens (tertiary/aromatic N) is 3. The standard InChI is InChI=1S/C16H15N3OS2/c1-11-8-9-15(22-11)14(20)10-21-16-18-17-12(2)19(16)13-6-4-3-5-7-13/h3-9H,10H2,1-2H3. The summed E-state index contributed by atoms with van der Waals surface area (Å²) in [5.74, 6) is 1.31. The molecule has 112 valence electrons. The Hall–Kier alpha value is -1.92. The Labute approximate surface area is 137 Å². The highest BCUT2D eigenvalue weighted by molar-refractivity contribution is 7.99. The zero-order valence-corrected chi connectivity index (χ0v) is 13.9. The molecule has 0 radical (unpaired) electrons. The fraction of sp³-hybridized carbons (Fsp3) is 0.188. The molecular weight excluding hydrogens is 314 g/mol. The molecule has 0 N–H and O–H groups in total. The van der Waals surface area contributed by atoms with Crippen molar-refractivity contribution in [1.82, 2.24) is 14.8 Å². The predicted molar refractivity (Wildman–Crippen MR) is 90.2 cm³/mol. The number of hydrogen-bond acceptors (Lipinski definition) is 5. The van der Waals surface area contributed by atoms with Crippen LogP contribution >= 0.6 is 23.1 Å². The number of rotatable bonds is 5. The SMILES string of the molecule is Cc1ccc(C(=O)CSc2nnc(C)n2-c2ccccc2)s1. The van der Waals surface area contributed by atoms with Gasteiger partial charge in [0.2, 0.25) is 0 Å². The molecule has 0 aliphatic rings. The van der Waals surface area contributed by atoms with E-state index in [9.17, 15) is 4.79 Å². The van der Waals surface area contributed by atoms with Crippen molar-refractivity contribution in [1.29, 1.82) is 0 Å². The Balaban J connectivity index is 1.78. The average Bonchev–Trinajstić information content (AvgIpc) is 3.12. The molecule has 6 heteroatoms. The van der Waals surface area contributed by atoms with Crippen LogP contribution in [0.3, 0.4) is 0 Å². The normalized spacial score (nSPS) is 10.8. The second-order valence-corrected chi connectivity index (χ2v) is 7.05. The first kappa shape index (κ1) is 15.0. The Kier molecular flexibility index (Phi) is 4.40. The number of thiophene rings is 1. The molecule has 1 aromatic carbocycles. The smallest absolute Gasteiger partial charge is 0.196 e. The van der Waals surface area contributed by atoms with E-state index in [1.807, 2.05) is 60.9 Å². The number of Topliss-reactive ketones (excluding diaryl/α,β-unsaturated/α-hetero) is 1. The molecule has 22 heavy (non-hydrogen) atoms. The maximum Gasteiger partial charge on any atom is 0.196 e. The van der Waals surface area contributed by atoms with Crippen molar-refractivity contribution in [3.8, 4) is 5.69 Å². The van der Waals surface area contributed by atoms with Gasteiger partial charge in [-0.3, -0.25) is 9.36 Å². The highest BCUT2D eigenvalue weighted by atomic mass is 32.2. The minimum absolute atomic E-state index is 0.128. The van der Waals surface area contributed by atoms with Crippen molar-refractivity contribution >= 4 is 28.9 Å². The lowest BCUT2D eigenvalue weighted by Gasteiger charge is -2.07. The van der Waals surface area contributed by atoms with Gasteiger partial charge in [0.15, 0.2) is 10.9 Å². The van der Waals surface area contributed by atoms with Gasteiger partial charge in [0.1, 0.15) is 5.82 Å². The van der Waals surface area contributed by atoms with Crippen molar-refractivity contribution in [2.45, 2.75) is 19.0 Å². The summed E-state index contributed by atoms with van der Waals surface area (Å²) in [5.41, 5.74) is 1.01. The van der Waals surface area contributed by atoms with Crippen LogP contribution < -0.4 is 0 Å². The second-order valence-electron chi connectivity index (χ2n) is 4.82. The number of benzene rings is 1. The summed E-state index contributed by atoms with van der Waals surface area (Å²) in [4.78, 5) is 14.2. The molecule has 2 aromatic heterocycles. The van der Waals surface area contributed by atoms with E-state index < -0.39 is 0 Å². The minimum atomic E-state index is 0.128. The molecule has 0 aliphatic heterocycles. The maximum atomic E-state index is 12.2. The maximum absolute atomic E-state index is 12.2. The molecule has 0 saturated heterocycles. The van der Waals surface area contributed by atoms with Crippen LogP contribution in [-0.2, 0) is 0 Å². The lowest BCUT2D eigenvalue weighted by Crippen LogP contribution is -2.03. The van der Waals surface area contributed by atoms with E-state index in [0.29, 0.717) is 5.75 Å². The van der Waals surface area contributed by atoms with Crippen LogP contribution in [0.1, 0.15) is 20.4 Å². The van der Waals surface area contributed by atoms with E-state index in [2.05, 4.69) is 10.2 Å². The lowest BCUT2D eigenvalue weighted by atomic mass is 10.3. The first-order valence-electron chi connectivity index (χ1n) is 6.85. The first-order chi connectivity index (χ1) is 10.6. The van der Waals surface area contributed by atoms with Crippen molar-refractivity contribution in [3.63, 3.8) is 0 Å². The molecule has 0 aliphatic carbocycles. The van der Waals surface area contributed by atoms with Gasteiger partial charge in [-0.1, -0.05) is 30.0 Å². The van der Waals surface area contributed by atoms with Crippen LogP contribution in [-0.4, -0.2) is 26.3 Å². The number of hydrogen-bond donors (Lipinski definition) is 0. The largest absolute Gasteiger partial charge is 0.292 e. The summed E-state index contributed by atoms with van der Waals surface area (Å²) in [6.45, 7) is 3.92. The molecule has 0 spiro atoms. The minimum Gasteiger partial charge on any atom is -0.292 e. The number of carbonyl (C=O) groups excluding carboxylic acids is 1. The van der Waals surface area contributed by atoms with E-state index in [0.717, 1.165) is 26.4 Å². The zero-order chi connectivity index (χ0) is 15.5. The van der Waals surface area contributed by atoms with Gasteiger partial charge >= 0.3 is 0 Å². The third-order valence-corrected chi connectivity index (χ3v) is 5.13. The van der Waals surface area contributed by atoms with Crippen molar-refractivity contribution in [2.75, 3.05) is 5.75 Å².